The summed E-state index contributed by atoms with van der Waals surface area (Å²) in [5.41, 5.74) is 2.13. The van der Waals surface area contributed by atoms with Crippen LogP contribution in [0.1, 0.15) is 25.6 Å². The summed E-state index contributed by atoms with van der Waals surface area (Å²) >= 11 is 13.0. The van der Waals surface area contributed by atoms with Crippen LogP contribution in [-0.2, 0) is 6.54 Å². The van der Waals surface area contributed by atoms with E-state index in [0.717, 1.165) is 15.6 Å². The van der Waals surface area contributed by atoms with Crippen LogP contribution in [0.5, 0.6) is 5.75 Å². The number of benzene rings is 3. The smallest absolute Gasteiger partial charge is 0.269 e. The minimum Gasteiger partial charge on any atom is -0.497 e. The van der Waals surface area contributed by atoms with Crippen molar-refractivity contribution < 1.29 is 14.3 Å². The van der Waals surface area contributed by atoms with Gasteiger partial charge in [-0.2, -0.15) is 0 Å². The lowest BCUT2D eigenvalue weighted by molar-refractivity contribution is 0.0785. The number of thiocarbonyl (C=S) groups is 1. The largest absolute Gasteiger partial charge is 0.497 e. The van der Waals surface area contributed by atoms with Gasteiger partial charge in [0.1, 0.15) is 10.6 Å². The molecule has 4 aromatic rings. The maximum Gasteiger partial charge on any atom is 0.269 e. The predicted octanol–water partition coefficient (Wildman–Crippen LogP) is 5.96. The van der Waals surface area contributed by atoms with Crippen molar-refractivity contribution in [1.82, 2.24) is 10.2 Å². The number of nitrogens with one attached hydrogen (secondary N) is 2. The molecular weight excluding hydrogens is 502 g/mol. The van der Waals surface area contributed by atoms with Crippen molar-refractivity contribution in [3.8, 4) is 5.75 Å². The molecule has 1 heterocycles. The molecule has 0 aliphatic carbocycles. The highest BCUT2D eigenvalue weighted by molar-refractivity contribution is 7.80. The Morgan fingerprint density at radius 2 is 1.83 bits per heavy atom. The molecule has 0 spiro atoms. The lowest BCUT2D eigenvalue weighted by atomic mass is 10.1. The Hall–Kier alpha value is -3.46. The van der Waals surface area contributed by atoms with Gasteiger partial charge in [0.15, 0.2) is 5.11 Å². The second kappa shape index (κ2) is 10.9. The lowest BCUT2D eigenvalue weighted by Crippen LogP contribution is -2.34. The molecule has 9 heteroatoms. The second-order valence-electron chi connectivity index (χ2n) is 7.74. The van der Waals surface area contributed by atoms with E-state index >= 15 is 0 Å². The molecule has 0 saturated heterocycles. The third kappa shape index (κ3) is 5.79. The summed E-state index contributed by atoms with van der Waals surface area (Å²) in [6, 6.07) is 22.2. The van der Waals surface area contributed by atoms with E-state index < -0.39 is 5.91 Å². The van der Waals surface area contributed by atoms with E-state index in [2.05, 4.69) is 10.6 Å². The van der Waals surface area contributed by atoms with Crippen LogP contribution in [0.4, 0.5) is 5.69 Å². The van der Waals surface area contributed by atoms with Crippen molar-refractivity contribution in [3.63, 3.8) is 0 Å². The van der Waals surface area contributed by atoms with E-state index in [0.29, 0.717) is 33.4 Å². The first-order valence-corrected chi connectivity index (χ1v) is 12.2. The Bertz CT molecular complexity index is 1410. The van der Waals surface area contributed by atoms with Crippen molar-refractivity contribution in [2.45, 2.75) is 6.54 Å². The molecular formula is C26H22ClN3O3S2. The van der Waals surface area contributed by atoms with Gasteiger partial charge in [-0.3, -0.25) is 14.9 Å². The summed E-state index contributed by atoms with van der Waals surface area (Å²) in [6.07, 6.45) is 0. The van der Waals surface area contributed by atoms with Crippen LogP contribution in [0.15, 0.2) is 72.8 Å². The number of hydrogen-bond donors (Lipinski definition) is 2. The molecule has 0 saturated carbocycles. The first kappa shape index (κ1) is 24.7. The zero-order valence-electron chi connectivity index (χ0n) is 19.0. The summed E-state index contributed by atoms with van der Waals surface area (Å²) < 4.78 is 6.08. The van der Waals surface area contributed by atoms with Gasteiger partial charge < -0.3 is 15.0 Å². The first-order chi connectivity index (χ1) is 16.9. The normalized spacial score (nSPS) is 10.6. The third-order valence-corrected chi connectivity index (χ3v) is 7.11. The van der Waals surface area contributed by atoms with E-state index in [9.17, 15) is 9.59 Å². The number of rotatable bonds is 6. The zero-order chi connectivity index (χ0) is 24.9. The Balaban J connectivity index is 1.42. The van der Waals surface area contributed by atoms with Crippen molar-refractivity contribution in [2.75, 3.05) is 19.5 Å². The zero-order valence-corrected chi connectivity index (χ0v) is 21.4. The van der Waals surface area contributed by atoms with Gasteiger partial charge in [0.2, 0.25) is 0 Å². The van der Waals surface area contributed by atoms with Crippen molar-refractivity contribution >= 4 is 67.9 Å². The van der Waals surface area contributed by atoms with Crippen molar-refractivity contribution in [2.24, 2.45) is 0 Å². The fraction of sp³-hybridized carbons (Fsp3) is 0.115. The monoisotopic (exact) mass is 523 g/mol. The highest BCUT2D eigenvalue weighted by Crippen LogP contribution is 2.37. The molecule has 2 N–H and O–H groups in total. The number of hydrogen-bond acceptors (Lipinski definition) is 5. The van der Waals surface area contributed by atoms with Crippen molar-refractivity contribution in [1.29, 1.82) is 0 Å². The average Bonchev–Trinajstić information content (AvgIpc) is 3.20. The summed E-state index contributed by atoms with van der Waals surface area (Å²) in [7, 11) is 3.34. The number of halogens is 1. The van der Waals surface area contributed by atoms with E-state index in [1.807, 2.05) is 42.5 Å². The fourth-order valence-electron chi connectivity index (χ4n) is 3.52. The molecule has 0 unspecified atom stereocenters. The lowest BCUT2D eigenvalue weighted by Gasteiger charge is -2.18. The second-order valence-corrected chi connectivity index (χ2v) is 9.58. The predicted molar refractivity (Wildman–Crippen MR) is 146 cm³/mol. The summed E-state index contributed by atoms with van der Waals surface area (Å²) in [5.74, 6) is 0.144. The number of fused-ring (bicyclic) bond motifs is 1. The first-order valence-electron chi connectivity index (χ1n) is 10.6. The standard InChI is InChI=1S/C26H22ClN3O3S2/c1-30(15-16-7-4-3-5-8-16)25(32)17-9-6-10-18(13-17)28-26(34)29-24(31)23-22(27)20-12-11-19(33-2)14-21(20)35-23/h3-14H,15H2,1-2H3,(H2,28,29,31,34). The molecule has 0 fully saturated rings. The fourth-order valence-corrected chi connectivity index (χ4v) is 5.17. The molecule has 6 nitrogen and oxygen atoms in total. The van der Waals surface area contributed by atoms with E-state index in [-0.39, 0.29) is 11.0 Å². The quantitative estimate of drug-likeness (QED) is 0.305. The number of methoxy groups -OCH3 is 1. The molecule has 0 radical (unpaired) electrons. The number of thiophene rings is 1. The van der Waals surface area contributed by atoms with Crippen LogP contribution >= 0.6 is 35.2 Å². The van der Waals surface area contributed by atoms with Crippen molar-refractivity contribution in [3.05, 3.63) is 93.8 Å². The number of ether oxygens (including phenoxy) is 1. The summed E-state index contributed by atoms with van der Waals surface area (Å²) in [5, 5.41) is 6.86. The molecule has 0 atom stereocenters. The molecule has 0 bridgehead atoms. The van der Waals surface area contributed by atoms with Crippen LogP contribution in [0.25, 0.3) is 10.1 Å². The minimum absolute atomic E-state index is 0.100. The van der Waals surface area contributed by atoms with Crippen LogP contribution in [0.2, 0.25) is 5.02 Å². The van der Waals surface area contributed by atoms with E-state index in [4.69, 9.17) is 28.6 Å². The molecule has 0 aliphatic heterocycles. The highest BCUT2D eigenvalue weighted by atomic mass is 35.5. The van der Waals surface area contributed by atoms with Gasteiger partial charge in [-0.05, 0) is 54.2 Å². The van der Waals surface area contributed by atoms with E-state index in [1.54, 1.807) is 49.4 Å². The van der Waals surface area contributed by atoms with Crippen LogP contribution < -0.4 is 15.4 Å². The molecule has 2 amide bonds. The SMILES string of the molecule is COc1ccc2c(Cl)c(C(=O)NC(=S)Nc3cccc(C(=O)N(C)Cc4ccccc4)c3)sc2c1. The van der Waals surface area contributed by atoms with Gasteiger partial charge in [0.05, 0.1) is 12.1 Å². The Labute approximate surface area is 217 Å². The third-order valence-electron chi connectivity index (χ3n) is 5.25. The van der Waals surface area contributed by atoms with Gasteiger partial charge in [0, 0.05) is 34.9 Å². The maximum absolute atomic E-state index is 12.9. The van der Waals surface area contributed by atoms with Gasteiger partial charge >= 0.3 is 0 Å². The highest BCUT2D eigenvalue weighted by Gasteiger charge is 2.19. The Morgan fingerprint density at radius 1 is 1.06 bits per heavy atom. The van der Waals surface area contributed by atoms with Gasteiger partial charge in [-0.25, -0.2) is 0 Å². The topological polar surface area (TPSA) is 70.7 Å². The number of anilines is 1. The average molecular weight is 524 g/mol. The van der Waals surface area contributed by atoms with Gasteiger partial charge in [-0.1, -0.05) is 48.0 Å². The Kier molecular flexibility index (Phi) is 7.65. The van der Waals surface area contributed by atoms with E-state index in [1.165, 1.54) is 11.3 Å². The maximum atomic E-state index is 12.9. The number of nitrogens with zero attached hydrogens (tertiary/aromatic N) is 1. The van der Waals surface area contributed by atoms with Crippen LogP contribution in [0, 0.1) is 0 Å². The summed E-state index contributed by atoms with van der Waals surface area (Å²) in [4.78, 5) is 27.7. The number of carbonyl (C=O) groups excluding carboxylic acids is 2. The molecule has 4 rings (SSSR count). The number of amides is 2. The summed E-state index contributed by atoms with van der Waals surface area (Å²) in [6.45, 7) is 0.494. The van der Waals surface area contributed by atoms with Gasteiger partial charge in [-0.15, -0.1) is 11.3 Å². The van der Waals surface area contributed by atoms with Gasteiger partial charge in [0.25, 0.3) is 11.8 Å². The molecule has 0 aliphatic rings. The van der Waals surface area contributed by atoms with Crippen LogP contribution in [-0.4, -0.2) is 36.0 Å². The Morgan fingerprint density at radius 3 is 2.57 bits per heavy atom. The molecule has 1 aromatic heterocycles. The van der Waals surface area contributed by atoms with Crippen LogP contribution in [0.3, 0.4) is 0 Å². The molecule has 3 aromatic carbocycles. The number of carbonyl (C=O) groups is 2. The minimum atomic E-state index is -0.414. The molecule has 178 valence electrons. The molecule has 35 heavy (non-hydrogen) atoms.